The van der Waals surface area contributed by atoms with E-state index in [1.807, 2.05) is 156 Å². The molecule has 0 bridgehead atoms. The molecule has 0 aliphatic rings. The van der Waals surface area contributed by atoms with Crippen LogP contribution >= 0.6 is 11.8 Å². The SMILES string of the molecule is CC(C)(C)OC(=O)NCCCC[C@H](NC(=O)[C@H](Cc1cn(C(c2ccccc2)(c2ccccc2)c2ccccc2)cn1)NC(=O)CNC(=O)[C@@H](N)CSC(c1ccccc1)(c1ccccc1)c1ccccc1)C(=O)O. The number of hydrogen-bond acceptors (Lipinski definition) is 9. The maximum Gasteiger partial charge on any atom is 0.407 e. The number of hydrogen-bond donors (Lipinski definition) is 6. The van der Waals surface area contributed by atoms with Crippen LogP contribution in [0.4, 0.5) is 4.79 Å². The van der Waals surface area contributed by atoms with E-state index in [0.717, 1.165) is 33.4 Å². The molecule has 14 nitrogen and oxygen atoms in total. The number of carbonyl (C=O) groups excluding carboxylic acids is 4. The Hall–Kier alpha value is -8.01. The fourth-order valence-corrected chi connectivity index (χ4v) is 10.7. The second-order valence-electron chi connectivity index (χ2n) is 19.1. The number of amides is 4. The summed E-state index contributed by atoms with van der Waals surface area (Å²) in [6.07, 6.45) is 3.56. The summed E-state index contributed by atoms with van der Waals surface area (Å²) < 4.78 is 6.53. The van der Waals surface area contributed by atoms with Crippen LogP contribution in [-0.4, -0.2) is 87.0 Å². The van der Waals surface area contributed by atoms with Crippen molar-refractivity contribution in [2.45, 2.75) is 80.5 Å². The minimum Gasteiger partial charge on any atom is -0.480 e. The van der Waals surface area contributed by atoms with Gasteiger partial charge in [0, 0.05) is 24.9 Å². The Kier molecular flexibility index (Phi) is 18.8. The van der Waals surface area contributed by atoms with Crippen molar-refractivity contribution in [3.63, 3.8) is 0 Å². The molecule has 1 aromatic heterocycles. The van der Waals surface area contributed by atoms with E-state index in [1.54, 1.807) is 27.1 Å². The second kappa shape index (κ2) is 25.8. The number of rotatable bonds is 24. The fourth-order valence-electron chi connectivity index (χ4n) is 9.17. The summed E-state index contributed by atoms with van der Waals surface area (Å²) in [7, 11) is 0. The van der Waals surface area contributed by atoms with E-state index in [-0.39, 0.29) is 25.1 Å². The monoisotopic (exact) mass is 1030 g/mol. The number of nitrogens with zero attached hydrogens (tertiary/aromatic N) is 2. The predicted octanol–water partition coefficient (Wildman–Crippen LogP) is 8.18. The number of imidazole rings is 1. The van der Waals surface area contributed by atoms with Gasteiger partial charge in [-0.05, 0) is 73.4 Å². The molecule has 0 fully saturated rings. The fraction of sp³-hybridized carbons (Fsp3) is 0.267. The Morgan fingerprint density at radius 3 is 1.51 bits per heavy atom. The maximum atomic E-state index is 14.3. The van der Waals surface area contributed by atoms with Crippen LogP contribution in [0.15, 0.2) is 195 Å². The lowest BCUT2D eigenvalue weighted by Gasteiger charge is -2.37. The summed E-state index contributed by atoms with van der Waals surface area (Å²) in [4.78, 5) is 71.6. The molecule has 3 atom stereocenters. The average molecular weight is 1030 g/mol. The highest BCUT2D eigenvalue weighted by Crippen LogP contribution is 2.48. The van der Waals surface area contributed by atoms with E-state index in [2.05, 4.69) is 57.7 Å². The quantitative estimate of drug-likeness (QED) is 0.0253. The third-order valence-electron chi connectivity index (χ3n) is 12.6. The van der Waals surface area contributed by atoms with E-state index < -0.39 is 70.3 Å². The highest BCUT2D eigenvalue weighted by Gasteiger charge is 2.40. The minimum absolute atomic E-state index is 0.0339. The molecule has 0 saturated heterocycles. The number of carboxylic acids is 1. The molecular weight excluding hydrogens is 963 g/mol. The number of thioether (sulfide) groups is 1. The number of benzene rings is 6. The smallest absolute Gasteiger partial charge is 0.407 e. The lowest BCUT2D eigenvalue weighted by molar-refractivity contribution is -0.142. The molecule has 7 aromatic rings. The van der Waals surface area contributed by atoms with Crippen LogP contribution in [0.3, 0.4) is 0 Å². The van der Waals surface area contributed by atoms with Gasteiger partial charge in [0.2, 0.25) is 17.7 Å². The van der Waals surface area contributed by atoms with E-state index >= 15 is 0 Å². The number of ether oxygens (including phenoxy) is 1. The average Bonchev–Trinajstić information content (AvgIpc) is 3.89. The summed E-state index contributed by atoms with van der Waals surface area (Å²) in [5.41, 5.74) is 11.3. The van der Waals surface area contributed by atoms with Gasteiger partial charge < -0.3 is 41.4 Å². The predicted molar refractivity (Wildman–Crippen MR) is 293 cm³/mol. The third kappa shape index (κ3) is 14.0. The van der Waals surface area contributed by atoms with Crippen LogP contribution in [-0.2, 0) is 40.6 Å². The molecule has 0 unspecified atom stereocenters. The summed E-state index contributed by atoms with van der Waals surface area (Å²) in [5.74, 6) is -3.15. The summed E-state index contributed by atoms with van der Waals surface area (Å²) in [5, 5.41) is 21.0. The lowest BCUT2D eigenvalue weighted by Crippen LogP contribution is -2.54. The minimum atomic E-state index is -1.33. The molecule has 0 aliphatic carbocycles. The molecule has 6 aromatic carbocycles. The molecule has 4 amide bonds. The normalized spacial score (nSPS) is 12.9. The molecular formula is C60H65N7O7S. The lowest BCUT2D eigenvalue weighted by atomic mass is 9.77. The Morgan fingerprint density at radius 1 is 0.613 bits per heavy atom. The van der Waals surface area contributed by atoms with Crippen molar-refractivity contribution in [1.82, 2.24) is 30.8 Å². The van der Waals surface area contributed by atoms with Gasteiger partial charge in [0.15, 0.2) is 0 Å². The zero-order chi connectivity index (χ0) is 53.3. The van der Waals surface area contributed by atoms with Gasteiger partial charge in [-0.25, -0.2) is 14.6 Å². The topological polar surface area (TPSA) is 207 Å². The number of aromatic nitrogens is 2. The number of carboxylic acid groups (broad SMARTS) is 1. The van der Waals surface area contributed by atoms with Gasteiger partial charge in [-0.2, -0.15) is 0 Å². The largest absolute Gasteiger partial charge is 0.480 e. The van der Waals surface area contributed by atoms with Gasteiger partial charge in [0.25, 0.3) is 0 Å². The molecule has 0 aliphatic heterocycles. The number of nitrogens with two attached hydrogens (primary N) is 1. The van der Waals surface area contributed by atoms with Gasteiger partial charge in [-0.3, -0.25) is 14.4 Å². The van der Waals surface area contributed by atoms with Gasteiger partial charge in [-0.1, -0.05) is 182 Å². The molecule has 0 radical (unpaired) electrons. The molecule has 1 heterocycles. The Bertz CT molecular complexity index is 2750. The van der Waals surface area contributed by atoms with Crippen LogP contribution in [0.25, 0.3) is 0 Å². The zero-order valence-electron chi connectivity index (χ0n) is 42.4. The van der Waals surface area contributed by atoms with Crippen LogP contribution in [0, 0.1) is 0 Å². The van der Waals surface area contributed by atoms with Gasteiger partial charge in [0.05, 0.1) is 29.4 Å². The molecule has 7 rings (SSSR count). The summed E-state index contributed by atoms with van der Waals surface area (Å²) in [6, 6.07) is 56.3. The first-order chi connectivity index (χ1) is 36.2. The number of aliphatic carboxylic acids is 1. The molecule has 0 spiro atoms. The van der Waals surface area contributed by atoms with Crippen molar-refractivity contribution in [3.8, 4) is 0 Å². The van der Waals surface area contributed by atoms with E-state index in [0.29, 0.717) is 18.5 Å². The Labute approximate surface area is 442 Å². The molecule has 15 heteroatoms. The standard InChI is InChI=1S/C60H65N7O7S/c1-58(2,3)74-57(73)62-37-23-22-36-51(56(71)72)66-55(70)52(38-49-40-67(42-64-49)59(43-24-10-4-11-25-43,44-26-12-5-13-27-44)45-28-14-6-15-29-45)65-53(68)39-63-54(69)50(61)41-75-60(46-30-16-7-17-31-46,47-32-18-8-19-33-47)48-34-20-9-21-35-48/h4-21,24-35,40,42,50-52H,22-23,36-39,41,61H2,1-3H3,(H,62,73)(H,63,69)(H,65,68)(H,66,70)(H,71,72)/t50-,51-,52-/m0/s1. The van der Waals surface area contributed by atoms with Crippen LogP contribution in [0.2, 0.25) is 0 Å². The van der Waals surface area contributed by atoms with Crippen molar-refractivity contribution >= 4 is 41.5 Å². The first kappa shape index (κ1) is 54.8. The van der Waals surface area contributed by atoms with E-state index in [4.69, 9.17) is 15.5 Å². The van der Waals surface area contributed by atoms with Crippen LogP contribution in [0.1, 0.15) is 79.1 Å². The van der Waals surface area contributed by atoms with Gasteiger partial charge in [-0.15, -0.1) is 11.8 Å². The number of carbonyl (C=O) groups is 5. The van der Waals surface area contributed by atoms with Crippen LogP contribution < -0.4 is 27.0 Å². The van der Waals surface area contributed by atoms with Gasteiger partial charge >= 0.3 is 12.1 Å². The van der Waals surface area contributed by atoms with Gasteiger partial charge in [0.1, 0.15) is 23.2 Å². The summed E-state index contributed by atoms with van der Waals surface area (Å²) in [6.45, 7) is 4.97. The maximum absolute atomic E-state index is 14.3. The molecule has 388 valence electrons. The number of nitrogens with one attached hydrogen (secondary N) is 4. The van der Waals surface area contributed by atoms with Crippen molar-refractivity contribution < 1.29 is 33.8 Å². The molecule has 0 saturated carbocycles. The van der Waals surface area contributed by atoms with Crippen LogP contribution in [0.5, 0.6) is 0 Å². The van der Waals surface area contributed by atoms with E-state index in [1.165, 1.54) is 11.8 Å². The first-order valence-electron chi connectivity index (χ1n) is 25.0. The molecule has 7 N–H and O–H groups in total. The van der Waals surface area contributed by atoms with Crippen molar-refractivity contribution in [2.24, 2.45) is 5.73 Å². The molecule has 75 heavy (non-hydrogen) atoms. The number of alkyl carbamates (subject to hydrolysis) is 1. The number of unbranched alkanes of at least 4 members (excludes halogenated alkanes) is 1. The Morgan fingerprint density at radius 2 is 1.07 bits per heavy atom. The third-order valence-corrected chi connectivity index (χ3v) is 14.3. The Balaban J connectivity index is 1.11. The second-order valence-corrected chi connectivity index (χ2v) is 20.4. The van der Waals surface area contributed by atoms with Crippen molar-refractivity contribution in [1.29, 1.82) is 0 Å². The van der Waals surface area contributed by atoms with Crippen molar-refractivity contribution in [2.75, 3.05) is 18.8 Å². The highest BCUT2D eigenvalue weighted by atomic mass is 32.2. The van der Waals surface area contributed by atoms with E-state index in [9.17, 15) is 29.1 Å². The summed E-state index contributed by atoms with van der Waals surface area (Å²) >= 11 is 1.51. The zero-order valence-corrected chi connectivity index (χ0v) is 43.3. The first-order valence-corrected chi connectivity index (χ1v) is 26.0. The van der Waals surface area contributed by atoms with Crippen molar-refractivity contribution in [3.05, 3.63) is 234 Å². The highest BCUT2D eigenvalue weighted by molar-refractivity contribution is 8.00.